The number of nitrogens with zero attached hydrogens (tertiary/aromatic N) is 3. The monoisotopic (exact) mass is 345 g/mol. The Morgan fingerprint density at radius 1 is 1.33 bits per heavy atom. The van der Waals surface area contributed by atoms with Crippen LogP contribution in [0.5, 0.6) is 5.75 Å². The maximum absolute atomic E-state index is 12.1. The van der Waals surface area contributed by atoms with Crippen LogP contribution in [0, 0.1) is 10.1 Å². The van der Waals surface area contributed by atoms with Gasteiger partial charge in [0.2, 0.25) is 5.95 Å². The number of aromatic nitrogens is 3. The Labute approximate surface area is 139 Å². The van der Waals surface area contributed by atoms with Crippen LogP contribution in [0.15, 0.2) is 36.4 Å². The van der Waals surface area contributed by atoms with Crippen molar-refractivity contribution in [2.45, 2.75) is 0 Å². The Morgan fingerprint density at radius 3 is 2.83 bits per heavy atom. The number of nitrogens with one attached hydrogen (secondary N) is 2. The van der Waals surface area contributed by atoms with Gasteiger partial charge in [-0.25, -0.2) is 0 Å². The highest BCUT2D eigenvalue weighted by atomic mass is 32.1. The molecular weight excluding hydrogens is 334 g/mol. The molecule has 122 valence electrons. The molecule has 0 radical (unpaired) electrons. The standard InChI is InChI=1S/C14H11N5O4S/c1-23-9-5-3-2-4-8(9)12-15-14(18-17-12)16-13(20)10-6-7-11(24-10)19(21)22/h2-7H,1H3,(H2,15,16,17,18,20). The normalized spacial score (nSPS) is 10.4. The van der Waals surface area contributed by atoms with Gasteiger partial charge in [0.15, 0.2) is 5.82 Å². The summed E-state index contributed by atoms with van der Waals surface area (Å²) < 4.78 is 5.25. The van der Waals surface area contributed by atoms with Gasteiger partial charge in [0.25, 0.3) is 5.91 Å². The molecule has 0 aliphatic rings. The number of nitro groups is 1. The number of amides is 1. The van der Waals surface area contributed by atoms with Crippen molar-refractivity contribution in [3.05, 3.63) is 51.4 Å². The van der Waals surface area contributed by atoms with Crippen molar-refractivity contribution in [2.24, 2.45) is 0 Å². The van der Waals surface area contributed by atoms with Crippen molar-refractivity contribution < 1.29 is 14.5 Å². The molecule has 0 saturated carbocycles. The van der Waals surface area contributed by atoms with Crippen LogP contribution in [0.3, 0.4) is 0 Å². The molecule has 0 unspecified atom stereocenters. The summed E-state index contributed by atoms with van der Waals surface area (Å²) in [6.45, 7) is 0. The van der Waals surface area contributed by atoms with Crippen molar-refractivity contribution in [1.82, 2.24) is 15.2 Å². The van der Waals surface area contributed by atoms with E-state index in [0.29, 0.717) is 17.1 Å². The second-order valence-electron chi connectivity index (χ2n) is 4.56. The Balaban J connectivity index is 1.78. The van der Waals surface area contributed by atoms with E-state index in [-0.39, 0.29) is 15.8 Å². The molecule has 3 aromatic rings. The lowest BCUT2D eigenvalue weighted by Crippen LogP contribution is -2.11. The highest BCUT2D eigenvalue weighted by Gasteiger charge is 2.17. The Hall–Kier alpha value is -3.27. The summed E-state index contributed by atoms with van der Waals surface area (Å²) in [6, 6.07) is 9.88. The second-order valence-corrected chi connectivity index (χ2v) is 5.62. The minimum absolute atomic E-state index is 0.0666. The summed E-state index contributed by atoms with van der Waals surface area (Å²) in [5.41, 5.74) is 0.694. The number of carbonyl (C=O) groups is 1. The number of hydrogen-bond acceptors (Lipinski definition) is 7. The molecule has 10 heteroatoms. The fraction of sp³-hybridized carbons (Fsp3) is 0.0714. The predicted molar refractivity (Wildman–Crippen MR) is 87.3 cm³/mol. The van der Waals surface area contributed by atoms with E-state index < -0.39 is 10.8 Å². The van der Waals surface area contributed by atoms with Crippen LogP contribution in [0.2, 0.25) is 0 Å². The molecule has 24 heavy (non-hydrogen) atoms. The van der Waals surface area contributed by atoms with Crippen LogP contribution in [0.1, 0.15) is 9.67 Å². The van der Waals surface area contributed by atoms with Crippen LogP contribution in [0.4, 0.5) is 10.9 Å². The first kappa shape index (κ1) is 15.6. The van der Waals surface area contributed by atoms with Crippen molar-refractivity contribution in [1.29, 1.82) is 0 Å². The number of para-hydroxylation sites is 1. The maximum atomic E-state index is 12.1. The second kappa shape index (κ2) is 6.46. The van der Waals surface area contributed by atoms with Gasteiger partial charge in [-0.1, -0.05) is 23.5 Å². The molecule has 2 N–H and O–H groups in total. The molecule has 2 heterocycles. The van der Waals surface area contributed by atoms with E-state index in [1.165, 1.54) is 12.1 Å². The van der Waals surface area contributed by atoms with Gasteiger partial charge in [-0.15, -0.1) is 5.10 Å². The minimum Gasteiger partial charge on any atom is -0.496 e. The van der Waals surface area contributed by atoms with E-state index in [1.807, 2.05) is 12.1 Å². The molecule has 1 amide bonds. The summed E-state index contributed by atoms with van der Waals surface area (Å²) >= 11 is 0.781. The highest BCUT2D eigenvalue weighted by Crippen LogP contribution is 2.28. The quantitative estimate of drug-likeness (QED) is 0.541. The van der Waals surface area contributed by atoms with E-state index in [2.05, 4.69) is 20.5 Å². The molecule has 0 fully saturated rings. The first-order valence-electron chi connectivity index (χ1n) is 6.70. The average Bonchev–Trinajstić information content (AvgIpc) is 3.24. The molecule has 0 bridgehead atoms. The molecule has 2 aromatic heterocycles. The number of aromatic amines is 1. The van der Waals surface area contributed by atoms with Crippen LogP contribution >= 0.6 is 11.3 Å². The lowest BCUT2D eigenvalue weighted by molar-refractivity contribution is -0.380. The number of methoxy groups -OCH3 is 1. The molecule has 0 saturated heterocycles. The predicted octanol–water partition coefficient (Wildman–Crippen LogP) is 2.70. The van der Waals surface area contributed by atoms with Gasteiger partial charge in [0.05, 0.1) is 22.5 Å². The third-order valence-electron chi connectivity index (χ3n) is 3.07. The van der Waals surface area contributed by atoms with Crippen LogP contribution in [-0.2, 0) is 0 Å². The van der Waals surface area contributed by atoms with Crippen molar-refractivity contribution in [2.75, 3.05) is 12.4 Å². The van der Waals surface area contributed by atoms with Crippen molar-refractivity contribution in [3.63, 3.8) is 0 Å². The van der Waals surface area contributed by atoms with E-state index in [4.69, 9.17) is 4.74 Å². The number of thiophene rings is 1. The largest absolute Gasteiger partial charge is 0.496 e. The fourth-order valence-corrected chi connectivity index (χ4v) is 2.71. The summed E-state index contributed by atoms with van der Waals surface area (Å²) in [4.78, 5) is 26.6. The lowest BCUT2D eigenvalue weighted by atomic mass is 10.2. The molecule has 0 atom stereocenters. The molecular formula is C14H11N5O4S. The molecule has 1 aromatic carbocycles. The zero-order valence-electron chi connectivity index (χ0n) is 12.3. The molecule has 9 nitrogen and oxygen atoms in total. The lowest BCUT2D eigenvalue weighted by Gasteiger charge is -2.04. The van der Waals surface area contributed by atoms with E-state index in [0.717, 1.165) is 11.3 Å². The average molecular weight is 345 g/mol. The molecule has 0 spiro atoms. The van der Waals surface area contributed by atoms with Crippen molar-refractivity contribution >= 4 is 28.2 Å². The molecule has 0 aliphatic carbocycles. The number of anilines is 1. The maximum Gasteiger partial charge on any atom is 0.324 e. The topological polar surface area (TPSA) is 123 Å². The number of benzene rings is 1. The van der Waals surface area contributed by atoms with Crippen molar-refractivity contribution in [3.8, 4) is 17.1 Å². The van der Waals surface area contributed by atoms with Gasteiger partial charge in [0, 0.05) is 6.07 Å². The molecule has 3 rings (SSSR count). The SMILES string of the molecule is COc1ccccc1-c1nc(NC(=O)c2ccc([N+](=O)[O-])s2)n[nH]1. The third kappa shape index (κ3) is 3.08. The first-order chi connectivity index (χ1) is 11.6. The zero-order valence-corrected chi connectivity index (χ0v) is 13.2. The van der Waals surface area contributed by atoms with Gasteiger partial charge < -0.3 is 4.74 Å². The smallest absolute Gasteiger partial charge is 0.324 e. The third-order valence-corrected chi connectivity index (χ3v) is 4.10. The Morgan fingerprint density at radius 2 is 2.12 bits per heavy atom. The van der Waals surface area contributed by atoms with Gasteiger partial charge in [-0.3, -0.25) is 25.3 Å². The van der Waals surface area contributed by atoms with E-state index >= 15 is 0 Å². The Bertz CT molecular complexity index is 904. The summed E-state index contributed by atoms with van der Waals surface area (Å²) in [6.07, 6.45) is 0. The highest BCUT2D eigenvalue weighted by molar-refractivity contribution is 7.17. The van der Waals surface area contributed by atoms with Gasteiger partial charge in [-0.05, 0) is 18.2 Å². The van der Waals surface area contributed by atoms with Gasteiger partial charge >= 0.3 is 5.00 Å². The zero-order chi connectivity index (χ0) is 17.1. The van der Waals surface area contributed by atoms with Gasteiger partial charge in [-0.2, -0.15) is 4.98 Å². The van der Waals surface area contributed by atoms with E-state index in [1.54, 1.807) is 19.2 Å². The number of H-pyrrole nitrogens is 1. The summed E-state index contributed by atoms with van der Waals surface area (Å²) in [5.74, 6) is 0.593. The van der Waals surface area contributed by atoms with E-state index in [9.17, 15) is 14.9 Å². The number of rotatable bonds is 5. The number of hydrogen-bond donors (Lipinski definition) is 2. The minimum atomic E-state index is -0.548. The fourth-order valence-electron chi connectivity index (χ4n) is 1.99. The number of carbonyl (C=O) groups excluding carboxylic acids is 1. The molecule has 0 aliphatic heterocycles. The first-order valence-corrected chi connectivity index (χ1v) is 7.51. The van der Waals surface area contributed by atoms with Crippen LogP contribution in [0.25, 0.3) is 11.4 Å². The number of ether oxygens (including phenoxy) is 1. The van der Waals surface area contributed by atoms with Gasteiger partial charge in [0.1, 0.15) is 5.75 Å². The Kier molecular flexibility index (Phi) is 4.20. The van der Waals surface area contributed by atoms with Crippen LogP contribution < -0.4 is 10.1 Å². The van der Waals surface area contributed by atoms with Crippen LogP contribution in [-0.4, -0.2) is 33.1 Å². The summed E-state index contributed by atoms with van der Waals surface area (Å²) in [5, 5.41) is 19.7. The summed E-state index contributed by atoms with van der Waals surface area (Å²) in [7, 11) is 1.54.